The van der Waals surface area contributed by atoms with Gasteiger partial charge < -0.3 is 5.73 Å². The van der Waals surface area contributed by atoms with Gasteiger partial charge in [0.25, 0.3) is 0 Å². The Bertz CT molecular complexity index is 76.2. The van der Waals surface area contributed by atoms with Crippen molar-refractivity contribution in [3.05, 3.63) is 18.6 Å². The Balaban J connectivity index is 2.36. The minimum atomic E-state index is 0.300. The van der Waals surface area contributed by atoms with Crippen molar-refractivity contribution in [1.82, 2.24) is 0 Å². The summed E-state index contributed by atoms with van der Waals surface area (Å²) in [6, 6.07) is 0.300. The molecule has 1 unspecified atom stereocenters. The molecule has 1 rings (SSSR count). The predicted octanol–water partition coefficient (Wildman–Crippen LogP) is 0.868. The van der Waals surface area contributed by atoms with Crippen LogP contribution in [0.4, 0.5) is 0 Å². The summed E-state index contributed by atoms with van der Waals surface area (Å²) < 4.78 is 0. The molecule has 39 valence electrons. The molecule has 2 N–H and O–H groups in total. The fourth-order valence-corrected chi connectivity index (χ4v) is 0.717. The summed E-state index contributed by atoms with van der Waals surface area (Å²) >= 11 is 0. The Labute approximate surface area is 44.2 Å². The van der Waals surface area contributed by atoms with Gasteiger partial charge in [-0.1, -0.05) is 12.2 Å². The van der Waals surface area contributed by atoms with Crippen molar-refractivity contribution in [3.8, 4) is 0 Å². The van der Waals surface area contributed by atoms with Gasteiger partial charge in [-0.3, -0.25) is 0 Å². The van der Waals surface area contributed by atoms with Crippen LogP contribution in [0.15, 0.2) is 12.2 Å². The van der Waals surface area contributed by atoms with Crippen molar-refractivity contribution in [1.29, 1.82) is 0 Å². The van der Waals surface area contributed by atoms with E-state index in [4.69, 9.17) is 5.73 Å². The van der Waals surface area contributed by atoms with Gasteiger partial charge in [0.1, 0.15) is 0 Å². The van der Waals surface area contributed by atoms with Crippen LogP contribution in [-0.2, 0) is 0 Å². The maximum Gasteiger partial charge on any atom is 0.0226 e. The summed E-state index contributed by atoms with van der Waals surface area (Å²) in [6.07, 6.45) is 8.52. The molecule has 0 amide bonds. The molecule has 1 nitrogen and oxygen atoms in total. The average Bonchev–Trinajstić information content (AvgIpc) is 1.69. The summed E-state index contributed by atoms with van der Waals surface area (Å²) in [4.78, 5) is 0. The van der Waals surface area contributed by atoms with Crippen LogP contribution in [0.2, 0.25) is 0 Å². The predicted molar refractivity (Wildman–Crippen MR) is 30.6 cm³/mol. The average molecular weight is 96.2 g/mol. The second-order valence-electron chi connectivity index (χ2n) is 1.85. The first-order chi connectivity index (χ1) is 3.39. The lowest BCUT2D eigenvalue weighted by Crippen LogP contribution is -2.18. The lowest BCUT2D eigenvalue weighted by Gasteiger charge is -2.08. The molecule has 1 radical (unpaired) electrons. The molecular formula is C6H10N. The van der Waals surface area contributed by atoms with Crippen LogP contribution in [0.3, 0.4) is 0 Å². The standard InChI is InChI=1S/C6H10N/c7-6-4-2-1-3-5-6/h2-4,6H,1,5,7H2. The molecule has 0 saturated heterocycles. The molecule has 1 heteroatoms. The summed E-state index contributed by atoms with van der Waals surface area (Å²) in [5.74, 6) is 0. The molecule has 1 aliphatic rings. The van der Waals surface area contributed by atoms with Gasteiger partial charge in [0.2, 0.25) is 0 Å². The summed E-state index contributed by atoms with van der Waals surface area (Å²) in [5, 5.41) is 0. The van der Waals surface area contributed by atoms with Gasteiger partial charge in [0.15, 0.2) is 0 Å². The molecule has 0 saturated carbocycles. The van der Waals surface area contributed by atoms with E-state index in [1.807, 2.05) is 0 Å². The molecular weight excluding hydrogens is 86.1 g/mol. The summed E-state index contributed by atoms with van der Waals surface area (Å²) in [7, 11) is 0. The molecule has 0 aromatic rings. The molecule has 0 aromatic heterocycles. The van der Waals surface area contributed by atoms with Crippen molar-refractivity contribution in [2.75, 3.05) is 0 Å². The highest BCUT2D eigenvalue weighted by atomic mass is 14.6. The monoisotopic (exact) mass is 96.1 g/mol. The van der Waals surface area contributed by atoms with Crippen LogP contribution >= 0.6 is 0 Å². The van der Waals surface area contributed by atoms with Gasteiger partial charge in [-0.15, -0.1) is 0 Å². The summed E-state index contributed by atoms with van der Waals surface area (Å²) in [5.41, 5.74) is 5.52. The lowest BCUT2D eigenvalue weighted by molar-refractivity contribution is 0.754. The smallest absolute Gasteiger partial charge is 0.0226 e. The first kappa shape index (κ1) is 4.85. The van der Waals surface area contributed by atoms with E-state index in [1.54, 1.807) is 0 Å². The van der Waals surface area contributed by atoms with Gasteiger partial charge >= 0.3 is 0 Å². The molecule has 0 bridgehead atoms. The Morgan fingerprint density at radius 1 is 1.57 bits per heavy atom. The highest BCUT2D eigenvalue weighted by molar-refractivity contribution is 5.01. The molecule has 0 fully saturated rings. The molecule has 1 aliphatic carbocycles. The molecule has 0 aromatic carbocycles. The van der Waals surface area contributed by atoms with E-state index < -0.39 is 0 Å². The maximum atomic E-state index is 5.52. The van der Waals surface area contributed by atoms with Crippen molar-refractivity contribution in [3.63, 3.8) is 0 Å². The normalized spacial score (nSPS) is 30.7. The van der Waals surface area contributed by atoms with Gasteiger partial charge in [0.05, 0.1) is 0 Å². The lowest BCUT2D eigenvalue weighted by atomic mass is 10.0. The number of allylic oxidation sites excluding steroid dienone is 1. The van der Waals surface area contributed by atoms with Crippen molar-refractivity contribution >= 4 is 0 Å². The minimum Gasteiger partial charge on any atom is -0.324 e. The zero-order valence-corrected chi connectivity index (χ0v) is 4.30. The number of hydrogen-bond donors (Lipinski definition) is 1. The van der Waals surface area contributed by atoms with Crippen LogP contribution in [-0.4, -0.2) is 6.04 Å². The third-order valence-corrected chi connectivity index (χ3v) is 1.12. The zero-order valence-electron chi connectivity index (χ0n) is 4.30. The van der Waals surface area contributed by atoms with E-state index in [1.165, 1.54) is 0 Å². The highest BCUT2D eigenvalue weighted by Gasteiger charge is 1.99. The van der Waals surface area contributed by atoms with E-state index in [0.717, 1.165) is 12.8 Å². The quantitative estimate of drug-likeness (QED) is 0.445. The van der Waals surface area contributed by atoms with E-state index in [0.29, 0.717) is 6.04 Å². The van der Waals surface area contributed by atoms with Crippen LogP contribution < -0.4 is 5.73 Å². The van der Waals surface area contributed by atoms with Crippen LogP contribution in [0.1, 0.15) is 12.8 Å². The molecule has 0 aliphatic heterocycles. The SMILES string of the molecule is NC1C=CC[CH]C1. The van der Waals surface area contributed by atoms with Crippen molar-refractivity contribution < 1.29 is 0 Å². The van der Waals surface area contributed by atoms with Crippen LogP contribution in [0.25, 0.3) is 0 Å². The van der Waals surface area contributed by atoms with Crippen molar-refractivity contribution in [2.24, 2.45) is 5.73 Å². The van der Waals surface area contributed by atoms with Gasteiger partial charge in [-0.2, -0.15) is 0 Å². The summed E-state index contributed by atoms with van der Waals surface area (Å²) in [6.45, 7) is 0. The van der Waals surface area contributed by atoms with E-state index in [9.17, 15) is 0 Å². The molecule has 7 heavy (non-hydrogen) atoms. The van der Waals surface area contributed by atoms with Crippen LogP contribution in [0, 0.1) is 6.42 Å². The Morgan fingerprint density at radius 3 is 2.71 bits per heavy atom. The minimum absolute atomic E-state index is 0.300. The van der Waals surface area contributed by atoms with Gasteiger partial charge in [0, 0.05) is 6.04 Å². The van der Waals surface area contributed by atoms with Gasteiger partial charge in [-0.25, -0.2) is 0 Å². The number of nitrogens with two attached hydrogens (primary N) is 1. The van der Waals surface area contributed by atoms with E-state index >= 15 is 0 Å². The molecule has 1 atom stereocenters. The van der Waals surface area contributed by atoms with E-state index in [-0.39, 0.29) is 0 Å². The second-order valence-corrected chi connectivity index (χ2v) is 1.85. The molecule has 0 heterocycles. The zero-order chi connectivity index (χ0) is 5.11. The topological polar surface area (TPSA) is 26.0 Å². The third-order valence-electron chi connectivity index (χ3n) is 1.12. The third kappa shape index (κ3) is 1.32. The van der Waals surface area contributed by atoms with Crippen molar-refractivity contribution in [2.45, 2.75) is 18.9 Å². The largest absolute Gasteiger partial charge is 0.324 e. The first-order valence-corrected chi connectivity index (χ1v) is 2.63. The maximum absolute atomic E-state index is 5.52. The van der Waals surface area contributed by atoms with Gasteiger partial charge in [-0.05, 0) is 19.3 Å². The highest BCUT2D eigenvalue weighted by Crippen LogP contribution is 2.05. The second kappa shape index (κ2) is 2.12. The fourth-order valence-electron chi connectivity index (χ4n) is 0.717. The Hall–Kier alpha value is -0.300. The number of hydrogen-bond acceptors (Lipinski definition) is 1. The number of rotatable bonds is 0. The first-order valence-electron chi connectivity index (χ1n) is 2.63. The Kier molecular flexibility index (Phi) is 1.47. The molecule has 0 spiro atoms. The Morgan fingerprint density at radius 2 is 2.43 bits per heavy atom. The van der Waals surface area contributed by atoms with E-state index in [2.05, 4.69) is 18.6 Å². The fraction of sp³-hybridized carbons (Fsp3) is 0.500. The van der Waals surface area contributed by atoms with Crippen LogP contribution in [0.5, 0.6) is 0 Å².